The highest BCUT2D eigenvalue weighted by Gasteiger charge is 2.01. The predicted octanol–water partition coefficient (Wildman–Crippen LogP) is -1.38. The molecule has 0 aliphatic carbocycles. The van der Waals surface area contributed by atoms with E-state index in [0.29, 0.717) is 26.2 Å². The zero-order valence-electron chi connectivity index (χ0n) is 12.9. The zero-order valence-corrected chi connectivity index (χ0v) is 11.9. The number of hydrogen-bond donors (Lipinski definition) is 4. The van der Waals surface area contributed by atoms with Gasteiger partial charge in [0.25, 0.3) is 0 Å². The first-order valence-electron chi connectivity index (χ1n) is 6.78. The largest absolute Gasteiger partial charge is 0.447 e. The molecule has 21 heavy (non-hydrogen) atoms. The van der Waals surface area contributed by atoms with Gasteiger partial charge < -0.3 is 36.3 Å². The fourth-order valence-electron chi connectivity index (χ4n) is 0.939. The molecule has 0 aromatic carbocycles. The summed E-state index contributed by atoms with van der Waals surface area (Å²) < 4.78 is 20.3. The van der Waals surface area contributed by atoms with Crippen LogP contribution in [0.1, 0.15) is 1.37 Å². The Balaban J connectivity index is 0. The van der Waals surface area contributed by atoms with Gasteiger partial charge in [-0.2, -0.15) is 0 Å². The zero-order chi connectivity index (χ0) is 17.1. The summed E-state index contributed by atoms with van der Waals surface area (Å²) in [5, 5.41) is 4.88. The summed E-state index contributed by atoms with van der Waals surface area (Å²) in [6.45, 7) is 2.14. The second-order valence-electron chi connectivity index (χ2n) is 3.32. The number of rotatable bonds is 10. The predicted molar refractivity (Wildman–Crippen MR) is 77.5 cm³/mol. The summed E-state index contributed by atoms with van der Waals surface area (Å²) in [6, 6.07) is 0. The summed E-state index contributed by atoms with van der Waals surface area (Å²) in [6.07, 6.45) is 4.69. The highest BCUT2D eigenvalue weighted by atomic mass is 16.6. The minimum Gasteiger partial charge on any atom is -0.447 e. The van der Waals surface area contributed by atoms with E-state index in [1.807, 2.05) is 0 Å². The van der Waals surface area contributed by atoms with Crippen LogP contribution in [0.3, 0.4) is 0 Å². The van der Waals surface area contributed by atoms with Crippen molar-refractivity contribution in [3.05, 3.63) is 0 Å². The van der Waals surface area contributed by atoms with Gasteiger partial charge in [-0.1, -0.05) is 0 Å². The van der Waals surface area contributed by atoms with Crippen molar-refractivity contribution < 1.29 is 25.2 Å². The number of carbonyl (C=O) groups is 2. The number of nitrogens with one attached hydrogen (secondary N) is 2. The van der Waals surface area contributed by atoms with E-state index < -0.39 is 12.2 Å². The maximum atomic E-state index is 10.9. The van der Waals surface area contributed by atoms with Crippen molar-refractivity contribution >= 4 is 12.2 Å². The lowest BCUT2D eigenvalue weighted by molar-refractivity contribution is 0.0458. The van der Waals surface area contributed by atoms with Gasteiger partial charge in [0.05, 0.1) is 13.2 Å². The highest BCUT2D eigenvalue weighted by molar-refractivity contribution is 5.67. The molecule has 0 saturated carbocycles. The maximum Gasteiger partial charge on any atom is 0.407 e. The highest BCUT2D eigenvalue weighted by Crippen LogP contribution is 1.83. The standard InChI is InChI=1S/C10H22N4O5.C2H2/c11-1-3-13-9(15)18-7-5-17-6-8-19-10(16)14-4-2-12;1-2/h1-8,11-12H2,(H,13,15)(H,14,16);1-2H/i;1D. The van der Waals surface area contributed by atoms with Gasteiger partial charge in [-0.15, -0.1) is 12.8 Å². The van der Waals surface area contributed by atoms with Gasteiger partial charge in [0.1, 0.15) is 14.6 Å². The summed E-state index contributed by atoms with van der Waals surface area (Å²) in [5.74, 6) is 0. The van der Waals surface area contributed by atoms with Crippen LogP contribution >= 0.6 is 0 Å². The minimum atomic E-state index is -0.536. The molecule has 0 aliphatic heterocycles. The fourth-order valence-corrected chi connectivity index (χ4v) is 0.939. The van der Waals surface area contributed by atoms with Gasteiger partial charge in [0.15, 0.2) is 0 Å². The number of terminal acetylenes is 1. The molecule has 0 unspecified atom stereocenters. The Morgan fingerprint density at radius 3 is 1.67 bits per heavy atom. The van der Waals surface area contributed by atoms with E-state index >= 15 is 0 Å². The molecule has 0 heterocycles. The number of alkyl carbamates (subject to hydrolysis) is 2. The Labute approximate surface area is 126 Å². The lowest BCUT2D eigenvalue weighted by Gasteiger charge is -2.08. The minimum absolute atomic E-state index is 0.121. The molecule has 9 nitrogen and oxygen atoms in total. The van der Waals surface area contributed by atoms with Crippen LogP contribution < -0.4 is 22.1 Å². The number of hydrogen-bond acceptors (Lipinski definition) is 7. The number of carbonyl (C=O) groups excluding carboxylic acids is 2. The quantitative estimate of drug-likeness (QED) is 0.288. The molecular weight excluding hydrogens is 280 g/mol. The van der Waals surface area contributed by atoms with Crippen LogP contribution in [0.2, 0.25) is 0 Å². The van der Waals surface area contributed by atoms with E-state index in [1.54, 1.807) is 0 Å². The van der Waals surface area contributed by atoms with Crippen molar-refractivity contribution in [2.24, 2.45) is 11.5 Å². The molecule has 0 aliphatic rings. The number of ether oxygens (including phenoxy) is 3. The number of amides is 2. The average molecular weight is 305 g/mol. The average Bonchev–Trinajstić information content (AvgIpc) is 2.50. The summed E-state index contributed by atoms with van der Waals surface area (Å²) in [4.78, 5) is 21.9. The monoisotopic (exact) mass is 305 g/mol. The third kappa shape index (κ3) is 18.0. The van der Waals surface area contributed by atoms with E-state index in [9.17, 15) is 9.59 Å². The molecular formula is C12H24N4O5. The Morgan fingerprint density at radius 2 is 1.33 bits per heavy atom. The normalized spacial score (nSPS) is 9.29. The van der Waals surface area contributed by atoms with Crippen LogP contribution in [0.4, 0.5) is 9.59 Å². The van der Waals surface area contributed by atoms with Gasteiger partial charge in [0, 0.05) is 26.2 Å². The van der Waals surface area contributed by atoms with Gasteiger partial charge in [-0.3, -0.25) is 0 Å². The van der Waals surface area contributed by atoms with Crippen LogP contribution in [0.25, 0.3) is 0 Å². The Bertz CT molecular complexity index is 301. The van der Waals surface area contributed by atoms with Crippen molar-refractivity contribution in [3.63, 3.8) is 0 Å². The van der Waals surface area contributed by atoms with Crippen molar-refractivity contribution in [2.45, 2.75) is 0 Å². The third-order valence-electron chi connectivity index (χ3n) is 1.75. The molecule has 0 fully saturated rings. The maximum absolute atomic E-state index is 10.9. The van der Waals surface area contributed by atoms with Crippen molar-refractivity contribution in [1.29, 1.82) is 0 Å². The summed E-state index contributed by atoms with van der Waals surface area (Å²) in [5.41, 5.74) is 10.4. The molecule has 0 saturated heterocycles. The first-order valence-corrected chi connectivity index (χ1v) is 6.28. The first-order chi connectivity index (χ1) is 10.6. The van der Waals surface area contributed by atoms with E-state index in [4.69, 9.17) is 27.0 Å². The lowest BCUT2D eigenvalue weighted by atomic mass is 10.6. The van der Waals surface area contributed by atoms with Crippen LogP contribution in [0.5, 0.6) is 0 Å². The van der Waals surface area contributed by atoms with Gasteiger partial charge in [-0.05, 0) is 0 Å². The Morgan fingerprint density at radius 1 is 0.952 bits per heavy atom. The summed E-state index contributed by atoms with van der Waals surface area (Å²) in [7, 11) is 0. The molecule has 0 bridgehead atoms. The van der Waals surface area contributed by atoms with Gasteiger partial charge >= 0.3 is 12.2 Å². The van der Waals surface area contributed by atoms with Crippen molar-refractivity contribution in [3.8, 4) is 12.8 Å². The molecule has 0 atom stereocenters. The smallest absolute Gasteiger partial charge is 0.407 e. The van der Waals surface area contributed by atoms with Gasteiger partial charge in [0.2, 0.25) is 0 Å². The van der Waals surface area contributed by atoms with E-state index in [1.165, 1.54) is 6.40 Å². The fraction of sp³-hybridized carbons (Fsp3) is 0.667. The SMILES string of the molecule is NCCNC(=O)OCCOCCOC(=O)NCCN.[2H]C#C. The van der Waals surface area contributed by atoms with Crippen LogP contribution in [0.15, 0.2) is 0 Å². The molecule has 0 spiro atoms. The first kappa shape index (κ1) is 19.0. The second-order valence-corrected chi connectivity index (χ2v) is 3.32. The van der Waals surface area contributed by atoms with Crippen LogP contribution in [-0.4, -0.2) is 64.8 Å². The second kappa shape index (κ2) is 18.0. The lowest BCUT2D eigenvalue weighted by Crippen LogP contribution is -2.31. The van der Waals surface area contributed by atoms with E-state index in [2.05, 4.69) is 17.1 Å². The molecule has 0 aromatic rings. The molecule has 9 heteroatoms. The van der Waals surface area contributed by atoms with E-state index in [0.717, 1.165) is 0 Å². The molecule has 0 radical (unpaired) electrons. The molecule has 122 valence electrons. The van der Waals surface area contributed by atoms with Crippen LogP contribution in [-0.2, 0) is 14.2 Å². The number of nitrogens with two attached hydrogens (primary N) is 2. The van der Waals surface area contributed by atoms with Crippen molar-refractivity contribution in [2.75, 3.05) is 52.6 Å². The molecule has 2 amide bonds. The van der Waals surface area contributed by atoms with Crippen LogP contribution in [0, 0.1) is 12.8 Å². The molecule has 0 rings (SSSR count). The third-order valence-corrected chi connectivity index (χ3v) is 1.75. The van der Waals surface area contributed by atoms with E-state index in [-0.39, 0.29) is 26.4 Å². The Hall–Kier alpha value is -2.02. The van der Waals surface area contributed by atoms with Gasteiger partial charge in [-0.25, -0.2) is 9.59 Å². The topological polar surface area (TPSA) is 138 Å². The summed E-state index contributed by atoms with van der Waals surface area (Å²) >= 11 is 0. The Kier molecular flexibility index (Phi) is 16.3. The van der Waals surface area contributed by atoms with Crippen molar-refractivity contribution in [1.82, 2.24) is 10.6 Å². The molecule has 0 aromatic heterocycles. The molecule has 6 N–H and O–H groups in total.